The quantitative estimate of drug-likeness (QED) is 0.610. The van der Waals surface area contributed by atoms with E-state index in [1.807, 2.05) is 12.1 Å². The highest BCUT2D eigenvalue weighted by atomic mass is 16.5. The molecule has 0 atom stereocenters. The van der Waals surface area contributed by atoms with E-state index in [2.05, 4.69) is 18.2 Å². The molecule has 1 aliphatic heterocycles. The first-order valence-electron chi connectivity index (χ1n) is 10.3. The second-order valence-corrected chi connectivity index (χ2v) is 7.57. The van der Waals surface area contributed by atoms with Crippen LogP contribution in [0.15, 0.2) is 30.3 Å². The molecule has 0 unspecified atom stereocenters. The van der Waals surface area contributed by atoms with Gasteiger partial charge in [0, 0.05) is 11.6 Å². The molecule has 1 aliphatic rings. The Morgan fingerprint density at radius 2 is 1.20 bits per heavy atom. The van der Waals surface area contributed by atoms with Gasteiger partial charge in [0.25, 0.3) is 0 Å². The molecule has 1 fully saturated rings. The predicted octanol–water partition coefficient (Wildman–Crippen LogP) is 0.213. The van der Waals surface area contributed by atoms with Gasteiger partial charge in [0.15, 0.2) is 11.5 Å². The van der Waals surface area contributed by atoms with Crippen LogP contribution in [0.5, 0.6) is 28.7 Å². The molecule has 0 radical (unpaired) electrons. The number of hydrogen-bond acceptors (Lipinski definition) is 5. The molecule has 2 aromatic carbocycles. The highest BCUT2D eigenvalue weighted by molar-refractivity contribution is 5.55. The van der Waals surface area contributed by atoms with Gasteiger partial charge in [-0.25, -0.2) is 0 Å². The highest BCUT2D eigenvalue weighted by Gasteiger charge is 2.26. The lowest BCUT2D eigenvalue weighted by Crippen LogP contribution is -3.27. The summed E-state index contributed by atoms with van der Waals surface area (Å²) in [5.41, 5.74) is 2.39. The minimum absolute atomic E-state index is 0.660. The zero-order valence-corrected chi connectivity index (χ0v) is 18.7. The van der Waals surface area contributed by atoms with E-state index >= 15 is 0 Å². The van der Waals surface area contributed by atoms with Gasteiger partial charge in [-0.3, -0.25) is 0 Å². The van der Waals surface area contributed by atoms with Crippen LogP contribution in [-0.2, 0) is 13.1 Å². The fourth-order valence-corrected chi connectivity index (χ4v) is 4.14. The standard InChI is InChI=1S/C23H32N2O5/c1-26-19-12-17(13-20(14-19)27-2)15-24-8-10-25(11-9-24)16-18-6-7-21(28-3)23(30-5)22(18)29-4/h6-7,12-14H,8-11,15-16H2,1-5H3/p+2. The molecule has 0 bridgehead atoms. The maximum atomic E-state index is 5.65. The molecule has 0 amide bonds. The van der Waals surface area contributed by atoms with Crippen LogP contribution < -0.4 is 33.5 Å². The molecular formula is C23H34N2O5+2. The SMILES string of the molecule is COc1cc(C[NH+]2CC[NH+](Cc3ccc(OC)c(OC)c3OC)CC2)cc(OC)c1. The Balaban J connectivity index is 1.61. The normalized spacial score (nSPS) is 18.6. The van der Waals surface area contributed by atoms with Crippen LogP contribution in [0, 0.1) is 0 Å². The predicted molar refractivity (Wildman–Crippen MR) is 114 cm³/mol. The topological polar surface area (TPSA) is 55.0 Å². The van der Waals surface area contributed by atoms with E-state index in [0.29, 0.717) is 11.5 Å². The van der Waals surface area contributed by atoms with E-state index < -0.39 is 0 Å². The number of benzene rings is 2. The summed E-state index contributed by atoms with van der Waals surface area (Å²) in [6.45, 7) is 6.32. The van der Waals surface area contributed by atoms with E-state index in [1.165, 1.54) is 5.56 Å². The van der Waals surface area contributed by atoms with Crippen molar-refractivity contribution in [3.63, 3.8) is 0 Å². The van der Waals surface area contributed by atoms with Gasteiger partial charge in [-0.05, 0) is 24.3 Å². The van der Waals surface area contributed by atoms with Crippen LogP contribution in [0.2, 0.25) is 0 Å². The first kappa shape index (κ1) is 22.1. The highest BCUT2D eigenvalue weighted by Crippen LogP contribution is 2.39. The van der Waals surface area contributed by atoms with Gasteiger partial charge in [-0.2, -0.15) is 0 Å². The van der Waals surface area contributed by atoms with Crippen LogP contribution >= 0.6 is 0 Å². The van der Waals surface area contributed by atoms with E-state index in [4.69, 9.17) is 23.7 Å². The summed E-state index contributed by atoms with van der Waals surface area (Å²) in [6.07, 6.45) is 0. The smallest absolute Gasteiger partial charge is 0.203 e. The number of piperazine rings is 1. The number of hydrogen-bond donors (Lipinski definition) is 2. The number of nitrogens with one attached hydrogen (secondary N) is 2. The van der Waals surface area contributed by atoms with Crippen LogP contribution in [0.4, 0.5) is 0 Å². The molecule has 2 N–H and O–H groups in total. The Kier molecular flexibility index (Phi) is 7.65. The first-order chi connectivity index (χ1) is 14.6. The van der Waals surface area contributed by atoms with Crippen molar-refractivity contribution in [3.8, 4) is 28.7 Å². The van der Waals surface area contributed by atoms with Crippen LogP contribution in [-0.4, -0.2) is 61.7 Å². The Morgan fingerprint density at radius 1 is 0.633 bits per heavy atom. The van der Waals surface area contributed by atoms with Gasteiger partial charge in [-0.15, -0.1) is 0 Å². The lowest BCUT2D eigenvalue weighted by molar-refractivity contribution is -1.02. The second kappa shape index (κ2) is 10.4. The monoisotopic (exact) mass is 418 g/mol. The summed E-state index contributed by atoms with van der Waals surface area (Å²) >= 11 is 0. The Morgan fingerprint density at radius 3 is 1.70 bits per heavy atom. The first-order valence-corrected chi connectivity index (χ1v) is 10.3. The van der Waals surface area contributed by atoms with Crippen LogP contribution in [0.1, 0.15) is 11.1 Å². The Hall–Kier alpha value is -2.64. The van der Waals surface area contributed by atoms with E-state index in [0.717, 1.165) is 62.1 Å². The average Bonchev–Trinajstić information content (AvgIpc) is 2.79. The minimum atomic E-state index is 0.660. The fourth-order valence-electron chi connectivity index (χ4n) is 4.14. The van der Waals surface area contributed by atoms with Gasteiger partial charge >= 0.3 is 0 Å². The van der Waals surface area contributed by atoms with Crippen molar-refractivity contribution in [1.29, 1.82) is 0 Å². The molecule has 7 heteroatoms. The van der Waals surface area contributed by atoms with Crippen molar-refractivity contribution >= 4 is 0 Å². The summed E-state index contributed by atoms with van der Waals surface area (Å²) < 4.78 is 27.4. The second-order valence-electron chi connectivity index (χ2n) is 7.57. The van der Waals surface area contributed by atoms with Gasteiger partial charge < -0.3 is 33.5 Å². The van der Waals surface area contributed by atoms with E-state index in [1.54, 1.807) is 45.3 Å². The summed E-state index contributed by atoms with van der Waals surface area (Å²) in [6, 6.07) is 10.1. The molecule has 164 valence electrons. The fraction of sp³-hybridized carbons (Fsp3) is 0.478. The van der Waals surface area contributed by atoms with Gasteiger partial charge in [0.1, 0.15) is 50.8 Å². The van der Waals surface area contributed by atoms with Crippen molar-refractivity contribution < 1.29 is 33.5 Å². The molecule has 7 nitrogen and oxygen atoms in total. The lowest BCUT2D eigenvalue weighted by Gasteiger charge is -2.30. The lowest BCUT2D eigenvalue weighted by atomic mass is 10.1. The summed E-state index contributed by atoms with van der Waals surface area (Å²) in [5.74, 6) is 3.80. The van der Waals surface area contributed by atoms with Crippen molar-refractivity contribution in [2.75, 3.05) is 61.7 Å². The molecule has 0 aromatic heterocycles. The third-order valence-corrected chi connectivity index (χ3v) is 5.76. The molecule has 2 aromatic rings. The minimum Gasteiger partial charge on any atom is -0.497 e. The largest absolute Gasteiger partial charge is 0.497 e. The van der Waals surface area contributed by atoms with Gasteiger partial charge in [0.2, 0.25) is 5.75 Å². The van der Waals surface area contributed by atoms with Crippen molar-refractivity contribution in [2.24, 2.45) is 0 Å². The van der Waals surface area contributed by atoms with Crippen LogP contribution in [0.25, 0.3) is 0 Å². The number of quaternary nitrogens is 2. The molecule has 3 rings (SSSR count). The third kappa shape index (κ3) is 5.09. The molecule has 30 heavy (non-hydrogen) atoms. The summed E-state index contributed by atoms with van der Waals surface area (Å²) in [7, 11) is 8.35. The zero-order valence-electron chi connectivity index (χ0n) is 18.7. The third-order valence-electron chi connectivity index (χ3n) is 5.76. The average molecular weight is 419 g/mol. The number of methoxy groups -OCH3 is 5. The van der Waals surface area contributed by atoms with Crippen molar-refractivity contribution in [2.45, 2.75) is 13.1 Å². The molecular weight excluding hydrogens is 384 g/mol. The van der Waals surface area contributed by atoms with Gasteiger partial charge in [0.05, 0.1) is 41.1 Å². The maximum Gasteiger partial charge on any atom is 0.203 e. The number of rotatable bonds is 9. The van der Waals surface area contributed by atoms with Crippen molar-refractivity contribution in [3.05, 3.63) is 41.5 Å². The van der Waals surface area contributed by atoms with Crippen molar-refractivity contribution in [1.82, 2.24) is 0 Å². The molecule has 1 saturated heterocycles. The van der Waals surface area contributed by atoms with Crippen LogP contribution in [0.3, 0.4) is 0 Å². The van der Waals surface area contributed by atoms with E-state index in [9.17, 15) is 0 Å². The van der Waals surface area contributed by atoms with Gasteiger partial charge in [-0.1, -0.05) is 0 Å². The Bertz CT molecular complexity index is 812. The summed E-state index contributed by atoms with van der Waals surface area (Å²) in [5, 5.41) is 0. The number of ether oxygens (including phenoxy) is 5. The molecule has 0 aliphatic carbocycles. The molecule has 0 spiro atoms. The molecule has 1 heterocycles. The Labute approximate surface area is 179 Å². The zero-order chi connectivity index (χ0) is 21.5. The van der Waals surface area contributed by atoms with E-state index in [-0.39, 0.29) is 0 Å². The molecule has 0 saturated carbocycles. The summed E-state index contributed by atoms with van der Waals surface area (Å²) in [4.78, 5) is 3.13. The maximum absolute atomic E-state index is 5.65.